The molecule has 3 nitrogen and oxygen atoms in total. The predicted octanol–water partition coefficient (Wildman–Crippen LogP) is 2.41. The monoisotopic (exact) mass is 261 g/mol. The molecule has 2 unspecified atom stereocenters. The summed E-state index contributed by atoms with van der Waals surface area (Å²) in [6.07, 6.45) is 5.48. The first-order valence-corrected chi connectivity index (χ1v) is 7.38. The number of aliphatic hydroxyl groups excluding tert-OH is 1. The molecule has 2 fully saturated rings. The third kappa shape index (κ3) is 2.99. The molecule has 2 aliphatic rings. The zero-order valence-corrected chi connectivity index (χ0v) is 11.3. The Balaban J connectivity index is 1.49. The summed E-state index contributed by atoms with van der Waals surface area (Å²) in [6.45, 7) is 1.49. The molecule has 1 saturated heterocycles. The first kappa shape index (κ1) is 13.1. The van der Waals surface area contributed by atoms with Gasteiger partial charge in [0.05, 0.1) is 11.7 Å². The van der Waals surface area contributed by atoms with Gasteiger partial charge in [0.25, 0.3) is 0 Å². The Kier molecular flexibility index (Phi) is 3.87. The van der Waals surface area contributed by atoms with Gasteiger partial charge < -0.3 is 15.2 Å². The van der Waals surface area contributed by atoms with E-state index in [2.05, 4.69) is 5.32 Å². The van der Waals surface area contributed by atoms with Gasteiger partial charge in [0.2, 0.25) is 0 Å². The molecule has 0 aromatic heterocycles. The first-order chi connectivity index (χ1) is 9.27. The van der Waals surface area contributed by atoms with E-state index in [0.29, 0.717) is 12.6 Å². The molecular weight excluding hydrogens is 238 g/mol. The minimum Gasteiger partial charge on any atom is -0.387 e. The van der Waals surface area contributed by atoms with E-state index in [1.54, 1.807) is 0 Å². The van der Waals surface area contributed by atoms with Gasteiger partial charge >= 0.3 is 0 Å². The van der Waals surface area contributed by atoms with E-state index in [0.717, 1.165) is 25.0 Å². The minimum absolute atomic E-state index is 0.174. The Bertz CT molecular complexity index is 402. The summed E-state index contributed by atoms with van der Waals surface area (Å²) in [4.78, 5) is 0. The van der Waals surface area contributed by atoms with Crippen molar-refractivity contribution in [1.29, 1.82) is 0 Å². The molecule has 1 aliphatic heterocycles. The van der Waals surface area contributed by atoms with Crippen molar-refractivity contribution in [2.24, 2.45) is 0 Å². The van der Waals surface area contributed by atoms with Gasteiger partial charge in [-0.1, -0.05) is 30.3 Å². The number of aliphatic hydroxyl groups is 1. The van der Waals surface area contributed by atoms with E-state index < -0.39 is 6.10 Å². The van der Waals surface area contributed by atoms with Gasteiger partial charge in [-0.3, -0.25) is 0 Å². The normalized spacial score (nSPS) is 26.9. The quantitative estimate of drug-likeness (QED) is 0.874. The van der Waals surface area contributed by atoms with Crippen molar-refractivity contribution in [2.45, 2.75) is 49.9 Å². The largest absolute Gasteiger partial charge is 0.387 e. The van der Waals surface area contributed by atoms with Crippen LogP contribution in [0.3, 0.4) is 0 Å². The smallest absolute Gasteiger partial charge is 0.0914 e. The maximum atomic E-state index is 10.2. The van der Waals surface area contributed by atoms with Crippen LogP contribution in [0.5, 0.6) is 0 Å². The maximum Gasteiger partial charge on any atom is 0.0914 e. The summed E-state index contributed by atoms with van der Waals surface area (Å²) in [5, 5.41) is 13.7. The van der Waals surface area contributed by atoms with Crippen molar-refractivity contribution in [3.8, 4) is 0 Å². The highest BCUT2D eigenvalue weighted by Crippen LogP contribution is 2.42. The number of benzene rings is 1. The van der Waals surface area contributed by atoms with Crippen molar-refractivity contribution < 1.29 is 9.84 Å². The van der Waals surface area contributed by atoms with Crippen LogP contribution < -0.4 is 5.32 Å². The van der Waals surface area contributed by atoms with E-state index in [1.807, 2.05) is 30.3 Å². The van der Waals surface area contributed by atoms with E-state index in [-0.39, 0.29) is 5.60 Å². The highest BCUT2D eigenvalue weighted by molar-refractivity contribution is 5.17. The standard InChI is InChI=1S/C16H23NO2/c18-15(13-5-2-1-3-6-13)12-17-14-7-10-19-16(11-14)8-4-9-16/h1-3,5-6,14-15,17-18H,4,7-12H2. The van der Waals surface area contributed by atoms with Gasteiger partial charge in [0, 0.05) is 19.2 Å². The first-order valence-electron chi connectivity index (χ1n) is 7.38. The minimum atomic E-state index is -0.415. The molecule has 1 spiro atoms. The second-order valence-corrected chi connectivity index (χ2v) is 5.91. The molecule has 3 heteroatoms. The number of nitrogens with one attached hydrogen (secondary N) is 1. The Morgan fingerprint density at radius 1 is 1.32 bits per heavy atom. The Hall–Kier alpha value is -0.900. The molecule has 0 bridgehead atoms. The molecule has 1 heterocycles. The molecule has 19 heavy (non-hydrogen) atoms. The zero-order valence-electron chi connectivity index (χ0n) is 11.3. The summed E-state index contributed by atoms with van der Waals surface area (Å²) in [5.74, 6) is 0. The lowest BCUT2D eigenvalue weighted by molar-refractivity contribution is -0.136. The molecule has 104 valence electrons. The Labute approximate surface area is 115 Å². The van der Waals surface area contributed by atoms with Gasteiger partial charge in [-0.25, -0.2) is 0 Å². The highest BCUT2D eigenvalue weighted by Gasteiger charge is 2.42. The summed E-state index contributed by atoms with van der Waals surface area (Å²) in [5.41, 5.74) is 1.16. The van der Waals surface area contributed by atoms with Gasteiger partial charge in [0.15, 0.2) is 0 Å². The number of ether oxygens (including phenoxy) is 1. The molecule has 0 amide bonds. The van der Waals surface area contributed by atoms with Crippen LogP contribution in [0.15, 0.2) is 30.3 Å². The lowest BCUT2D eigenvalue weighted by atomic mass is 9.74. The summed E-state index contributed by atoms with van der Waals surface area (Å²) in [7, 11) is 0. The fourth-order valence-electron chi connectivity index (χ4n) is 3.19. The van der Waals surface area contributed by atoms with Gasteiger partial charge in [-0.2, -0.15) is 0 Å². The summed E-state index contributed by atoms with van der Waals surface area (Å²) in [6, 6.07) is 10.4. The molecule has 3 rings (SSSR count). The van der Waals surface area contributed by atoms with Crippen LogP contribution in [0.1, 0.15) is 43.8 Å². The average molecular weight is 261 g/mol. The van der Waals surface area contributed by atoms with Crippen LogP contribution >= 0.6 is 0 Å². The molecule has 2 N–H and O–H groups in total. The molecule has 1 aliphatic carbocycles. The van der Waals surface area contributed by atoms with E-state index >= 15 is 0 Å². The lowest BCUT2D eigenvalue weighted by Gasteiger charge is -2.47. The fourth-order valence-corrected chi connectivity index (χ4v) is 3.19. The van der Waals surface area contributed by atoms with Gasteiger partial charge in [0.1, 0.15) is 0 Å². The lowest BCUT2D eigenvalue weighted by Crippen LogP contribution is -2.51. The second-order valence-electron chi connectivity index (χ2n) is 5.91. The van der Waals surface area contributed by atoms with Crippen LogP contribution in [0.25, 0.3) is 0 Å². The number of rotatable bonds is 4. The maximum absolute atomic E-state index is 10.2. The molecule has 0 radical (unpaired) electrons. The van der Waals surface area contributed by atoms with Crippen LogP contribution in [0, 0.1) is 0 Å². The van der Waals surface area contributed by atoms with Crippen molar-refractivity contribution in [3.63, 3.8) is 0 Å². The molecule has 2 atom stereocenters. The van der Waals surface area contributed by atoms with E-state index in [4.69, 9.17) is 4.74 Å². The van der Waals surface area contributed by atoms with E-state index in [1.165, 1.54) is 19.3 Å². The third-order valence-corrected chi connectivity index (χ3v) is 4.54. The molecule has 1 aromatic carbocycles. The highest BCUT2D eigenvalue weighted by atomic mass is 16.5. The fraction of sp³-hybridized carbons (Fsp3) is 0.625. The van der Waals surface area contributed by atoms with Crippen molar-refractivity contribution in [1.82, 2.24) is 5.32 Å². The zero-order chi connectivity index (χ0) is 13.1. The Morgan fingerprint density at radius 2 is 2.11 bits per heavy atom. The van der Waals surface area contributed by atoms with Crippen molar-refractivity contribution in [3.05, 3.63) is 35.9 Å². The van der Waals surface area contributed by atoms with Gasteiger partial charge in [-0.15, -0.1) is 0 Å². The van der Waals surface area contributed by atoms with Gasteiger partial charge in [-0.05, 0) is 37.7 Å². The molecule has 1 saturated carbocycles. The summed E-state index contributed by atoms with van der Waals surface area (Å²) >= 11 is 0. The topological polar surface area (TPSA) is 41.5 Å². The van der Waals surface area contributed by atoms with Crippen LogP contribution in [-0.2, 0) is 4.74 Å². The Morgan fingerprint density at radius 3 is 2.79 bits per heavy atom. The average Bonchev–Trinajstić information content (AvgIpc) is 2.44. The summed E-state index contributed by atoms with van der Waals surface area (Å²) < 4.78 is 5.92. The molecular formula is C16H23NO2. The SMILES string of the molecule is OC(CNC1CCOC2(CCC2)C1)c1ccccc1. The van der Waals surface area contributed by atoms with Crippen molar-refractivity contribution in [2.75, 3.05) is 13.2 Å². The molecule has 1 aromatic rings. The second kappa shape index (κ2) is 5.61. The van der Waals surface area contributed by atoms with Crippen LogP contribution in [0.2, 0.25) is 0 Å². The number of hydrogen-bond acceptors (Lipinski definition) is 3. The van der Waals surface area contributed by atoms with Crippen molar-refractivity contribution >= 4 is 0 Å². The van der Waals surface area contributed by atoms with E-state index in [9.17, 15) is 5.11 Å². The number of hydrogen-bond donors (Lipinski definition) is 2. The van der Waals surface area contributed by atoms with Crippen LogP contribution in [0.4, 0.5) is 0 Å². The predicted molar refractivity (Wildman–Crippen MR) is 75.0 cm³/mol. The third-order valence-electron chi connectivity index (χ3n) is 4.54. The van der Waals surface area contributed by atoms with Crippen LogP contribution in [-0.4, -0.2) is 29.9 Å².